The Labute approximate surface area is 194 Å². The number of nitrogens with one attached hydrogen (secondary N) is 1. The van der Waals surface area contributed by atoms with Gasteiger partial charge in [-0.3, -0.25) is 9.69 Å². The van der Waals surface area contributed by atoms with Crippen LogP contribution in [0.15, 0.2) is 60.8 Å². The number of ether oxygens (including phenoxy) is 1. The molecule has 1 aromatic heterocycles. The fourth-order valence-electron chi connectivity index (χ4n) is 3.85. The molecule has 2 aromatic carbocycles. The highest BCUT2D eigenvalue weighted by atomic mass is 35.5. The number of unbranched alkanes of at least 4 members (excludes halogenated alkanes) is 1. The van der Waals surface area contributed by atoms with Crippen molar-refractivity contribution in [2.75, 3.05) is 39.4 Å². The SMILES string of the molecule is O=C(Cc1cn(-c2ccccc2)nc1-c1ccc(Cl)cc1)NCCCCN1CCOCC1. The van der Waals surface area contributed by atoms with Crippen LogP contribution < -0.4 is 5.32 Å². The smallest absolute Gasteiger partial charge is 0.224 e. The van der Waals surface area contributed by atoms with E-state index >= 15 is 0 Å². The minimum Gasteiger partial charge on any atom is -0.379 e. The Hall–Kier alpha value is -2.67. The largest absolute Gasteiger partial charge is 0.379 e. The van der Waals surface area contributed by atoms with Crippen molar-refractivity contribution in [2.45, 2.75) is 19.3 Å². The lowest BCUT2D eigenvalue weighted by Gasteiger charge is -2.26. The number of hydrogen-bond acceptors (Lipinski definition) is 4. The molecule has 1 N–H and O–H groups in total. The van der Waals surface area contributed by atoms with Crippen molar-refractivity contribution < 1.29 is 9.53 Å². The van der Waals surface area contributed by atoms with Crippen molar-refractivity contribution in [3.05, 3.63) is 71.4 Å². The summed E-state index contributed by atoms with van der Waals surface area (Å²) >= 11 is 6.06. The van der Waals surface area contributed by atoms with Crippen LogP contribution >= 0.6 is 11.6 Å². The molecule has 1 saturated heterocycles. The number of aromatic nitrogens is 2. The number of hydrogen-bond donors (Lipinski definition) is 1. The molecule has 0 radical (unpaired) electrons. The van der Waals surface area contributed by atoms with Crippen molar-refractivity contribution in [3.8, 4) is 16.9 Å². The van der Waals surface area contributed by atoms with Gasteiger partial charge in [-0.15, -0.1) is 0 Å². The standard InChI is InChI=1S/C25H29ClN4O2/c26-22-10-8-20(9-11-22)25-21(19-30(28-25)23-6-2-1-3-7-23)18-24(31)27-12-4-5-13-29-14-16-32-17-15-29/h1-3,6-11,19H,4-5,12-18H2,(H,27,31). The maximum atomic E-state index is 12.7. The molecule has 0 unspecified atom stereocenters. The molecule has 3 aromatic rings. The van der Waals surface area contributed by atoms with Crippen LogP contribution in [0, 0.1) is 0 Å². The van der Waals surface area contributed by atoms with Gasteiger partial charge in [0, 0.05) is 42.0 Å². The lowest BCUT2D eigenvalue weighted by atomic mass is 10.1. The first-order valence-corrected chi connectivity index (χ1v) is 11.5. The molecule has 4 rings (SSSR count). The van der Waals surface area contributed by atoms with E-state index in [2.05, 4.69) is 10.2 Å². The molecule has 168 valence electrons. The van der Waals surface area contributed by atoms with Crippen molar-refractivity contribution in [3.63, 3.8) is 0 Å². The summed E-state index contributed by atoms with van der Waals surface area (Å²) in [5.41, 5.74) is 3.59. The highest BCUT2D eigenvalue weighted by Gasteiger charge is 2.16. The van der Waals surface area contributed by atoms with Crippen molar-refractivity contribution in [1.29, 1.82) is 0 Å². The van der Waals surface area contributed by atoms with Gasteiger partial charge >= 0.3 is 0 Å². The number of amides is 1. The first-order valence-electron chi connectivity index (χ1n) is 11.2. The van der Waals surface area contributed by atoms with Gasteiger partial charge in [-0.25, -0.2) is 4.68 Å². The molecule has 0 bridgehead atoms. The van der Waals surface area contributed by atoms with E-state index in [1.807, 2.05) is 65.5 Å². The average molecular weight is 453 g/mol. The zero-order chi connectivity index (χ0) is 22.2. The van der Waals surface area contributed by atoms with Crippen LogP contribution in [-0.4, -0.2) is 60.0 Å². The normalized spacial score (nSPS) is 14.4. The fourth-order valence-corrected chi connectivity index (χ4v) is 3.98. The summed E-state index contributed by atoms with van der Waals surface area (Å²) in [5.74, 6) is 0.0131. The predicted molar refractivity (Wildman–Crippen MR) is 127 cm³/mol. The molecule has 1 fully saturated rings. The number of carbonyl (C=O) groups excluding carboxylic acids is 1. The highest BCUT2D eigenvalue weighted by Crippen LogP contribution is 2.25. The molecule has 2 heterocycles. The van der Waals surface area contributed by atoms with Crippen LogP contribution in [0.4, 0.5) is 0 Å². The maximum Gasteiger partial charge on any atom is 0.224 e. The zero-order valence-electron chi connectivity index (χ0n) is 18.2. The van der Waals surface area contributed by atoms with Crippen LogP contribution in [-0.2, 0) is 16.0 Å². The van der Waals surface area contributed by atoms with Gasteiger partial charge in [0.25, 0.3) is 0 Å². The summed E-state index contributed by atoms with van der Waals surface area (Å²) < 4.78 is 7.21. The van der Waals surface area contributed by atoms with Gasteiger partial charge in [-0.1, -0.05) is 41.9 Å². The third-order valence-electron chi connectivity index (χ3n) is 5.61. The first kappa shape index (κ1) is 22.5. The summed E-state index contributed by atoms with van der Waals surface area (Å²) in [5, 5.41) is 8.51. The zero-order valence-corrected chi connectivity index (χ0v) is 18.9. The van der Waals surface area contributed by atoms with E-state index in [4.69, 9.17) is 21.4 Å². The van der Waals surface area contributed by atoms with E-state index in [-0.39, 0.29) is 12.3 Å². The second-order valence-electron chi connectivity index (χ2n) is 7.98. The summed E-state index contributed by atoms with van der Waals surface area (Å²) in [6, 6.07) is 17.5. The third-order valence-corrected chi connectivity index (χ3v) is 5.86. The Bertz CT molecular complexity index is 999. The van der Waals surface area contributed by atoms with Gasteiger partial charge in [-0.05, 0) is 43.7 Å². The van der Waals surface area contributed by atoms with Crippen molar-refractivity contribution >= 4 is 17.5 Å². The molecule has 32 heavy (non-hydrogen) atoms. The van der Waals surface area contributed by atoms with E-state index in [1.54, 1.807) is 0 Å². The van der Waals surface area contributed by atoms with Gasteiger partial charge in [0.15, 0.2) is 0 Å². The Morgan fingerprint density at radius 1 is 1.03 bits per heavy atom. The highest BCUT2D eigenvalue weighted by molar-refractivity contribution is 6.30. The maximum absolute atomic E-state index is 12.7. The number of rotatable bonds is 9. The molecule has 0 spiro atoms. The third kappa shape index (κ3) is 6.19. The Morgan fingerprint density at radius 3 is 2.53 bits per heavy atom. The summed E-state index contributed by atoms with van der Waals surface area (Å²) in [7, 11) is 0. The molecule has 6 nitrogen and oxygen atoms in total. The lowest BCUT2D eigenvalue weighted by molar-refractivity contribution is -0.120. The molecular weight excluding hydrogens is 424 g/mol. The second-order valence-corrected chi connectivity index (χ2v) is 8.41. The van der Waals surface area contributed by atoms with E-state index < -0.39 is 0 Å². The number of morpholine rings is 1. The van der Waals surface area contributed by atoms with Crippen LogP contribution in [0.2, 0.25) is 5.02 Å². The van der Waals surface area contributed by atoms with Gasteiger partial charge in [0.1, 0.15) is 0 Å². The topological polar surface area (TPSA) is 59.4 Å². The lowest BCUT2D eigenvalue weighted by Crippen LogP contribution is -2.37. The quantitative estimate of drug-likeness (QED) is 0.499. The fraction of sp³-hybridized carbons (Fsp3) is 0.360. The number of halogens is 1. The van der Waals surface area contributed by atoms with Gasteiger partial charge in [0.2, 0.25) is 5.91 Å². The number of benzene rings is 2. The van der Waals surface area contributed by atoms with Crippen LogP contribution in [0.25, 0.3) is 16.9 Å². The molecule has 7 heteroatoms. The summed E-state index contributed by atoms with van der Waals surface area (Å²) in [6.07, 6.45) is 4.27. The second kappa shape index (κ2) is 11.3. The number of para-hydroxylation sites is 1. The minimum absolute atomic E-state index is 0.0131. The Morgan fingerprint density at radius 2 is 1.78 bits per heavy atom. The molecule has 0 aliphatic carbocycles. The molecule has 1 amide bonds. The Kier molecular flexibility index (Phi) is 7.93. The monoisotopic (exact) mass is 452 g/mol. The molecule has 1 aliphatic heterocycles. The van der Waals surface area contributed by atoms with E-state index in [0.717, 1.165) is 68.2 Å². The molecule has 1 aliphatic rings. The van der Waals surface area contributed by atoms with Gasteiger partial charge < -0.3 is 10.1 Å². The molecular formula is C25H29ClN4O2. The van der Waals surface area contributed by atoms with Crippen molar-refractivity contribution in [1.82, 2.24) is 20.0 Å². The van der Waals surface area contributed by atoms with E-state index in [0.29, 0.717) is 11.6 Å². The predicted octanol–water partition coefficient (Wildman–Crippen LogP) is 3.96. The first-order chi connectivity index (χ1) is 15.7. The van der Waals surface area contributed by atoms with Crippen LogP contribution in [0.3, 0.4) is 0 Å². The number of carbonyl (C=O) groups is 1. The van der Waals surface area contributed by atoms with Gasteiger partial charge in [0.05, 0.1) is 31.0 Å². The van der Waals surface area contributed by atoms with Gasteiger partial charge in [-0.2, -0.15) is 5.10 Å². The van der Waals surface area contributed by atoms with Crippen LogP contribution in [0.1, 0.15) is 18.4 Å². The van der Waals surface area contributed by atoms with Crippen LogP contribution in [0.5, 0.6) is 0 Å². The summed E-state index contributed by atoms with van der Waals surface area (Å²) in [4.78, 5) is 15.1. The minimum atomic E-state index is 0.0131. The molecule has 0 saturated carbocycles. The molecule has 0 atom stereocenters. The average Bonchev–Trinajstić information content (AvgIpc) is 3.24. The van der Waals surface area contributed by atoms with E-state index in [1.165, 1.54) is 0 Å². The Balaban J connectivity index is 1.37. The van der Waals surface area contributed by atoms with E-state index in [9.17, 15) is 4.79 Å². The summed E-state index contributed by atoms with van der Waals surface area (Å²) in [6.45, 7) is 5.40. The van der Waals surface area contributed by atoms with Crippen molar-refractivity contribution in [2.24, 2.45) is 0 Å². The number of nitrogens with zero attached hydrogens (tertiary/aromatic N) is 3.